The summed E-state index contributed by atoms with van der Waals surface area (Å²) in [5.41, 5.74) is 4.95. The Balaban J connectivity index is 1.48. The number of methoxy groups -OCH3 is 1. The first-order valence-electron chi connectivity index (χ1n) is 10.6. The lowest BCUT2D eigenvalue weighted by atomic mass is 10.1. The molecule has 0 saturated carbocycles. The van der Waals surface area contributed by atoms with Gasteiger partial charge in [-0.1, -0.05) is 23.7 Å². The number of nitrogens with one attached hydrogen (secondary N) is 2. The molecule has 0 atom stereocenters. The lowest BCUT2D eigenvalue weighted by molar-refractivity contribution is -0.120. The van der Waals surface area contributed by atoms with Gasteiger partial charge in [0.05, 0.1) is 25.0 Å². The van der Waals surface area contributed by atoms with Crippen molar-refractivity contribution in [3.05, 3.63) is 94.0 Å². The molecule has 0 aromatic heterocycles. The van der Waals surface area contributed by atoms with Gasteiger partial charge < -0.3 is 14.8 Å². The topological polar surface area (TPSA) is 113 Å². The maximum atomic E-state index is 12.1. The van der Waals surface area contributed by atoms with Crippen LogP contribution in [0.5, 0.6) is 11.5 Å². The molecule has 0 aliphatic carbocycles. The summed E-state index contributed by atoms with van der Waals surface area (Å²) < 4.78 is 10.9. The van der Waals surface area contributed by atoms with Crippen LogP contribution in [0.1, 0.15) is 33.5 Å². The molecule has 178 valence electrons. The molecule has 0 aliphatic heterocycles. The Labute approximate surface area is 208 Å². The number of ether oxygens (including phenoxy) is 2. The van der Waals surface area contributed by atoms with Crippen LogP contribution in [-0.2, 0) is 11.4 Å². The zero-order chi connectivity index (χ0) is 25.0. The summed E-state index contributed by atoms with van der Waals surface area (Å²) in [6.07, 6.45) is 1.49. The first-order valence-corrected chi connectivity index (χ1v) is 11.0. The van der Waals surface area contributed by atoms with Crippen molar-refractivity contribution in [1.29, 1.82) is 5.26 Å². The molecular formula is C26H23ClN4O4. The van der Waals surface area contributed by atoms with E-state index in [-0.39, 0.29) is 31.4 Å². The Morgan fingerprint density at radius 2 is 1.83 bits per heavy atom. The average molecular weight is 491 g/mol. The number of carbonyl (C=O) groups is 2. The fraction of sp³-hybridized carbons (Fsp3) is 0.154. The number of hydrogen-bond acceptors (Lipinski definition) is 6. The molecule has 3 aromatic carbocycles. The molecule has 3 rings (SSSR count). The van der Waals surface area contributed by atoms with Crippen LogP contribution in [0.4, 0.5) is 0 Å². The highest BCUT2D eigenvalue weighted by atomic mass is 35.5. The number of hydrazone groups is 1. The minimum Gasteiger partial charge on any atom is -0.497 e. The van der Waals surface area contributed by atoms with Crippen LogP contribution in [0.15, 0.2) is 71.8 Å². The van der Waals surface area contributed by atoms with Gasteiger partial charge >= 0.3 is 0 Å². The largest absolute Gasteiger partial charge is 0.497 e. The van der Waals surface area contributed by atoms with E-state index in [0.717, 1.165) is 5.56 Å². The molecule has 0 spiro atoms. The van der Waals surface area contributed by atoms with Crippen LogP contribution in [0.2, 0.25) is 5.02 Å². The van der Waals surface area contributed by atoms with Crippen LogP contribution in [-0.4, -0.2) is 31.7 Å². The summed E-state index contributed by atoms with van der Waals surface area (Å²) in [4.78, 5) is 24.2. The van der Waals surface area contributed by atoms with Gasteiger partial charge in [0.25, 0.3) is 5.91 Å². The summed E-state index contributed by atoms with van der Waals surface area (Å²) in [6, 6.07) is 20.9. The van der Waals surface area contributed by atoms with Gasteiger partial charge in [-0.15, -0.1) is 0 Å². The molecule has 0 saturated heterocycles. The van der Waals surface area contributed by atoms with Crippen molar-refractivity contribution in [1.82, 2.24) is 10.7 Å². The molecule has 8 nitrogen and oxygen atoms in total. The first kappa shape index (κ1) is 25.3. The van der Waals surface area contributed by atoms with Gasteiger partial charge in [0.2, 0.25) is 5.91 Å². The molecule has 3 aromatic rings. The molecule has 0 aliphatic rings. The second-order valence-electron chi connectivity index (χ2n) is 7.31. The van der Waals surface area contributed by atoms with E-state index in [1.165, 1.54) is 6.21 Å². The Bertz CT molecular complexity index is 1240. The highest BCUT2D eigenvalue weighted by molar-refractivity contribution is 6.30. The van der Waals surface area contributed by atoms with Crippen molar-refractivity contribution in [3.63, 3.8) is 0 Å². The van der Waals surface area contributed by atoms with Crippen LogP contribution < -0.4 is 20.2 Å². The first-order chi connectivity index (χ1) is 17.0. The van der Waals surface area contributed by atoms with Gasteiger partial charge in [0.15, 0.2) is 0 Å². The highest BCUT2D eigenvalue weighted by Crippen LogP contribution is 2.22. The number of halogens is 1. The zero-order valence-corrected chi connectivity index (χ0v) is 19.7. The van der Waals surface area contributed by atoms with Crippen LogP contribution in [0, 0.1) is 11.3 Å². The predicted octanol–water partition coefficient (Wildman–Crippen LogP) is 4.07. The number of nitriles is 1. The molecule has 9 heteroatoms. The summed E-state index contributed by atoms with van der Waals surface area (Å²) >= 11 is 6.09. The summed E-state index contributed by atoms with van der Waals surface area (Å²) in [5, 5.41) is 16.0. The van der Waals surface area contributed by atoms with Crippen molar-refractivity contribution in [2.75, 3.05) is 13.7 Å². The minimum absolute atomic E-state index is 0.0524. The zero-order valence-electron chi connectivity index (χ0n) is 19.0. The highest BCUT2D eigenvalue weighted by Gasteiger charge is 2.08. The van der Waals surface area contributed by atoms with E-state index in [0.29, 0.717) is 33.2 Å². The van der Waals surface area contributed by atoms with Gasteiger partial charge in [0, 0.05) is 29.1 Å². The number of carbonyl (C=O) groups excluding carboxylic acids is 2. The third-order valence-corrected chi connectivity index (χ3v) is 5.07. The third-order valence-electron chi connectivity index (χ3n) is 4.83. The number of benzene rings is 3. The van der Waals surface area contributed by atoms with Crippen LogP contribution in [0.3, 0.4) is 0 Å². The molecule has 0 bridgehead atoms. The monoisotopic (exact) mass is 490 g/mol. The Morgan fingerprint density at radius 1 is 1.09 bits per heavy atom. The van der Waals surface area contributed by atoms with Gasteiger partial charge in [0.1, 0.15) is 18.1 Å². The average Bonchev–Trinajstić information content (AvgIpc) is 2.88. The number of hydrogen-bond donors (Lipinski definition) is 2. The fourth-order valence-corrected chi connectivity index (χ4v) is 3.13. The summed E-state index contributed by atoms with van der Waals surface area (Å²) in [7, 11) is 1.55. The molecule has 35 heavy (non-hydrogen) atoms. The lowest BCUT2D eigenvalue weighted by Gasteiger charge is -2.10. The van der Waals surface area contributed by atoms with Crippen LogP contribution >= 0.6 is 11.6 Å². The Hall–Kier alpha value is -4.35. The quantitative estimate of drug-likeness (QED) is 0.328. The van der Waals surface area contributed by atoms with E-state index in [1.54, 1.807) is 61.7 Å². The molecule has 0 fully saturated rings. The van der Waals surface area contributed by atoms with E-state index in [4.69, 9.17) is 26.3 Å². The molecule has 0 heterocycles. The van der Waals surface area contributed by atoms with Gasteiger partial charge in [-0.05, 0) is 60.2 Å². The van der Waals surface area contributed by atoms with Crippen molar-refractivity contribution in [2.24, 2.45) is 5.10 Å². The number of rotatable bonds is 10. The summed E-state index contributed by atoms with van der Waals surface area (Å²) in [6.45, 7) is 0.441. The number of amides is 2. The Morgan fingerprint density at radius 3 is 2.51 bits per heavy atom. The molecule has 2 N–H and O–H groups in total. The SMILES string of the molecule is COc1ccc(C(=O)NCCC(=O)NN=Cc2cc(Cl)ccc2OCc2ccc(C#N)cc2)cc1. The van der Waals surface area contributed by atoms with Gasteiger partial charge in [-0.3, -0.25) is 9.59 Å². The van der Waals surface area contributed by atoms with Crippen molar-refractivity contribution >= 4 is 29.6 Å². The van der Waals surface area contributed by atoms with E-state index < -0.39 is 0 Å². The van der Waals surface area contributed by atoms with Crippen LogP contribution in [0.25, 0.3) is 0 Å². The minimum atomic E-state index is -0.363. The third kappa shape index (κ3) is 7.88. The number of nitrogens with zero attached hydrogens (tertiary/aromatic N) is 2. The van der Waals surface area contributed by atoms with E-state index in [9.17, 15) is 9.59 Å². The molecule has 0 radical (unpaired) electrons. The van der Waals surface area contributed by atoms with Crippen molar-refractivity contribution in [2.45, 2.75) is 13.0 Å². The van der Waals surface area contributed by atoms with Crippen molar-refractivity contribution < 1.29 is 19.1 Å². The standard InChI is InChI=1S/C26H23ClN4O4/c1-34-23-9-6-20(7-10-23)26(33)29-13-12-25(32)31-30-16-21-14-22(27)8-11-24(21)35-17-19-4-2-18(15-28)3-5-19/h2-11,14,16H,12-13,17H2,1H3,(H,29,33)(H,31,32). The van der Waals surface area contributed by atoms with E-state index in [1.807, 2.05) is 12.1 Å². The normalized spacial score (nSPS) is 10.4. The van der Waals surface area contributed by atoms with Gasteiger partial charge in [-0.25, -0.2) is 5.43 Å². The van der Waals surface area contributed by atoms with Gasteiger partial charge in [-0.2, -0.15) is 10.4 Å². The summed E-state index contributed by atoms with van der Waals surface area (Å²) in [5.74, 6) is 0.537. The second kappa shape index (κ2) is 12.8. The van der Waals surface area contributed by atoms with E-state index in [2.05, 4.69) is 21.9 Å². The second-order valence-corrected chi connectivity index (χ2v) is 7.74. The van der Waals surface area contributed by atoms with E-state index >= 15 is 0 Å². The molecule has 0 unspecified atom stereocenters. The smallest absolute Gasteiger partial charge is 0.251 e. The maximum Gasteiger partial charge on any atom is 0.251 e. The Kier molecular flexibility index (Phi) is 9.22. The predicted molar refractivity (Wildman–Crippen MR) is 133 cm³/mol. The lowest BCUT2D eigenvalue weighted by Crippen LogP contribution is -2.29. The molecule has 2 amide bonds. The fourth-order valence-electron chi connectivity index (χ4n) is 2.95. The molecular weight excluding hydrogens is 468 g/mol. The maximum absolute atomic E-state index is 12.1. The van der Waals surface area contributed by atoms with Crippen molar-refractivity contribution in [3.8, 4) is 17.6 Å².